The molecule has 27 heavy (non-hydrogen) atoms. The second-order valence-corrected chi connectivity index (χ2v) is 5.43. The lowest BCUT2D eigenvalue weighted by molar-refractivity contribution is -0.386. The minimum Gasteiger partial charge on any atom is -0.493 e. The summed E-state index contributed by atoms with van der Waals surface area (Å²) in [5, 5.41) is 14.1. The van der Waals surface area contributed by atoms with Gasteiger partial charge in [-0.05, 0) is 24.1 Å². The molecule has 0 atom stereocenters. The number of carbonyl (C=O) groups excluding carboxylic acids is 1. The number of benzene rings is 2. The van der Waals surface area contributed by atoms with Gasteiger partial charge in [0, 0.05) is 12.6 Å². The van der Waals surface area contributed by atoms with Gasteiger partial charge in [0.25, 0.3) is 5.91 Å². The molecule has 8 nitrogen and oxygen atoms in total. The maximum atomic E-state index is 13.2. The van der Waals surface area contributed by atoms with Gasteiger partial charge in [0.1, 0.15) is 11.4 Å². The van der Waals surface area contributed by atoms with Crippen LogP contribution >= 0.6 is 0 Å². The van der Waals surface area contributed by atoms with E-state index in [0.717, 1.165) is 0 Å². The predicted octanol–water partition coefficient (Wildman–Crippen LogP) is 2.73. The van der Waals surface area contributed by atoms with Crippen molar-refractivity contribution >= 4 is 11.6 Å². The van der Waals surface area contributed by atoms with Crippen molar-refractivity contribution in [3.8, 4) is 17.2 Å². The minimum absolute atomic E-state index is 0.0167. The molecule has 0 aliphatic carbocycles. The molecule has 0 unspecified atom stereocenters. The molecule has 9 heteroatoms. The third-order valence-corrected chi connectivity index (χ3v) is 3.82. The van der Waals surface area contributed by atoms with Crippen molar-refractivity contribution in [1.82, 2.24) is 5.32 Å². The number of nitro groups is 1. The SMILES string of the molecule is COc1cc(C(=O)NCCc2cccc(F)c2)c([N+](=O)[O-])c(OC)c1OC. The van der Waals surface area contributed by atoms with Crippen LogP contribution in [0.25, 0.3) is 0 Å². The molecule has 1 amide bonds. The van der Waals surface area contributed by atoms with E-state index in [2.05, 4.69) is 5.32 Å². The summed E-state index contributed by atoms with van der Waals surface area (Å²) in [4.78, 5) is 23.3. The number of hydrogen-bond donors (Lipinski definition) is 1. The Hall–Kier alpha value is -3.36. The van der Waals surface area contributed by atoms with Crippen LogP contribution in [0, 0.1) is 15.9 Å². The molecule has 0 aliphatic rings. The first-order chi connectivity index (χ1) is 12.9. The summed E-state index contributed by atoms with van der Waals surface area (Å²) < 4.78 is 28.5. The molecule has 144 valence electrons. The molecule has 0 bridgehead atoms. The highest BCUT2D eigenvalue weighted by molar-refractivity contribution is 6.00. The maximum absolute atomic E-state index is 13.2. The van der Waals surface area contributed by atoms with Crippen molar-refractivity contribution in [1.29, 1.82) is 0 Å². The molecule has 2 rings (SSSR count). The predicted molar refractivity (Wildman–Crippen MR) is 95.2 cm³/mol. The van der Waals surface area contributed by atoms with Crippen molar-refractivity contribution in [2.45, 2.75) is 6.42 Å². The average molecular weight is 378 g/mol. The highest BCUT2D eigenvalue weighted by Crippen LogP contribution is 2.46. The molecule has 0 radical (unpaired) electrons. The van der Waals surface area contributed by atoms with Gasteiger partial charge in [0.2, 0.25) is 11.5 Å². The summed E-state index contributed by atoms with van der Waals surface area (Å²) >= 11 is 0. The first-order valence-electron chi connectivity index (χ1n) is 7.92. The van der Waals surface area contributed by atoms with Gasteiger partial charge < -0.3 is 19.5 Å². The van der Waals surface area contributed by atoms with Gasteiger partial charge in [-0.1, -0.05) is 12.1 Å². The Morgan fingerprint density at radius 1 is 1.15 bits per heavy atom. The lowest BCUT2D eigenvalue weighted by Crippen LogP contribution is -2.26. The van der Waals surface area contributed by atoms with E-state index in [1.165, 1.54) is 39.5 Å². The van der Waals surface area contributed by atoms with E-state index >= 15 is 0 Å². The normalized spacial score (nSPS) is 10.2. The molecule has 0 saturated heterocycles. The van der Waals surface area contributed by atoms with E-state index in [4.69, 9.17) is 14.2 Å². The van der Waals surface area contributed by atoms with E-state index < -0.39 is 16.5 Å². The van der Waals surface area contributed by atoms with Crippen molar-refractivity contribution in [3.05, 3.63) is 57.4 Å². The Morgan fingerprint density at radius 2 is 1.85 bits per heavy atom. The van der Waals surface area contributed by atoms with E-state index in [1.54, 1.807) is 12.1 Å². The molecule has 0 fully saturated rings. The second-order valence-electron chi connectivity index (χ2n) is 5.43. The van der Waals surface area contributed by atoms with Gasteiger partial charge in [-0.25, -0.2) is 4.39 Å². The fourth-order valence-corrected chi connectivity index (χ4v) is 2.60. The zero-order valence-electron chi connectivity index (χ0n) is 15.1. The monoisotopic (exact) mass is 378 g/mol. The van der Waals surface area contributed by atoms with E-state index in [-0.39, 0.29) is 35.2 Å². The molecule has 0 aromatic heterocycles. The zero-order chi connectivity index (χ0) is 20.0. The molecule has 2 aromatic rings. The largest absolute Gasteiger partial charge is 0.493 e. The third-order valence-electron chi connectivity index (χ3n) is 3.82. The van der Waals surface area contributed by atoms with Gasteiger partial charge in [-0.2, -0.15) is 0 Å². The highest BCUT2D eigenvalue weighted by atomic mass is 19.1. The number of ether oxygens (including phenoxy) is 3. The van der Waals surface area contributed by atoms with Crippen molar-refractivity contribution in [2.75, 3.05) is 27.9 Å². The van der Waals surface area contributed by atoms with Gasteiger partial charge in [0.05, 0.1) is 26.3 Å². The summed E-state index contributed by atoms with van der Waals surface area (Å²) in [5.41, 5.74) is -0.0677. The van der Waals surface area contributed by atoms with E-state index in [0.29, 0.717) is 12.0 Å². The Balaban J connectivity index is 2.29. The van der Waals surface area contributed by atoms with Gasteiger partial charge in [0.15, 0.2) is 5.75 Å². The van der Waals surface area contributed by atoms with Crippen molar-refractivity contribution in [2.24, 2.45) is 0 Å². The Kier molecular flexibility index (Phi) is 6.53. The fraction of sp³-hybridized carbons (Fsp3) is 0.278. The van der Waals surface area contributed by atoms with Crippen LogP contribution in [0.4, 0.5) is 10.1 Å². The van der Waals surface area contributed by atoms with Gasteiger partial charge in [-0.15, -0.1) is 0 Å². The lowest BCUT2D eigenvalue weighted by Gasteiger charge is -2.15. The molecule has 1 N–H and O–H groups in total. The van der Waals surface area contributed by atoms with E-state index in [9.17, 15) is 19.3 Å². The molecule has 0 spiro atoms. The number of carbonyl (C=O) groups is 1. The van der Waals surface area contributed by atoms with Crippen LogP contribution in [-0.2, 0) is 6.42 Å². The minimum atomic E-state index is -0.720. The van der Waals surface area contributed by atoms with Crippen molar-refractivity contribution < 1.29 is 28.3 Å². The lowest BCUT2D eigenvalue weighted by atomic mass is 10.1. The number of nitrogens with zero attached hydrogens (tertiary/aromatic N) is 1. The van der Waals surface area contributed by atoms with Crippen LogP contribution < -0.4 is 19.5 Å². The zero-order valence-corrected chi connectivity index (χ0v) is 15.1. The summed E-state index contributed by atoms with van der Waals surface area (Å²) in [6.45, 7) is 0.163. The fourth-order valence-electron chi connectivity index (χ4n) is 2.60. The van der Waals surface area contributed by atoms with Crippen LogP contribution in [0.3, 0.4) is 0 Å². The second kappa shape index (κ2) is 8.84. The Labute approximate surface area is 155 Å². The summed E-state index contributed by atoms with van der Waals surface area (Å²) in [5.74, 6) is -1.13. The van der Waals surface area contributed by atoms with Crippen LogP contribution in [0.1, 0.15) is 15.9 Å². The molecule has 0 saturated carbocycles. The van der Waals surface area contributed by atoms with Crippen LogP contribution in [-0.4, -0.2) is 38.7 Å². The Bertz CT molecular complexity index is 856. The van der Waals surface area contributed by atoms with Crippen LogP contribution in [0.5, 0.6) is 17.2 Å². The first kappa shape index (κ1) is 20.0. The number of rotatable bonds is 8. The van der Waals surface area contributed by atoms with Gasteiger partial charge >= 0.3 is 5.69 Å². The number of nitrogens with one attached hydrogen (secondary N) is 1. The molecule has 0 heterocycles. The smallest absolute Gasteiger partial charge is 0.327 e. The third kappa shape index (κ3) is 4.43. The molecular weight excluding hydrogens is 359 g/mol. The average Bonchev–Trinajstić information content (AvgIpc) is 2.65. The number of amides is 1. The van der Waals surface area contributed by atoms with Crippen LogP contribution in [0.2, 0.25) is 0 Å². The number of halogens is 1. The quantitative estimate of drug-likeness (QED) is 0.560. The van der Waals surface area contributed by atoms with Crippen molar-refractivity contribution in [3.63, 3.8) is 0 Å². The van der Waals surface area contributed by atoms with E-state index in [1.807, 2.05) is 0 Å². The number of hydrogen-bond acceptors (Lipinski definition) is 6. The maximum Gasteiger partial charge on any atom is 0.327 e. The number of nitro benzene ring substituents is 1. The topological polar surface area (TPSA) is 99.9 Å². The standard InChI is InChI=1S/C18H19FN2O6/c1-25-14-10-13(15(21(23)24)17(27-3)16(14)26-2)18(22)20-8-7-11-5-4-6-12(19)9-11/h4-6,9-10H,7-8H2,1-3H3,(H,20,22). The van der Waals surface area contributed by atoms with Gasteiger partial charge in [-0.3, -0.25) is 14.9 Å². The summed E-state index contributed by atoms with van der Waals surface area (Å²) in [7, 11) is 3.88. The molecule has 0 aliphatic heterocycles. The number of methoxy groups -OCH3 is 3. The first-order valence-corrected chi connectivity index (χ1v) is 7.92. The molecule has 2 aromatic carbocycles. The molecular formula is C18H19FN2O6. The van der Waals surface area contributed by atoms with Crippen LogP contribution in [0.15, 0.2) is 30.3 Å². The summed E-state index contributed by atoms with van der Waals surface area (Å²) in [6, 6.07) is 7.18. The Morgan fingerprint density at radius 3 is 2.41 bits per heavy atom. The summed E-state index contributed by atoms with van der Waals surface area (Å²) in [6.07, 6.45) is 0.363. The highest BCUT2D eigenvalue weighted by Gasteiger charge is 2.32.